The van der Waals surface area contributed by atoms with Crippen LogP contribution in [0.15, 0.2) is 42.7 Å². The molecule has 1 aromatic heterocycles. The Morgan fingerprint density at radius 3 is 2.74 bits per heavy atom. The van der Waals surface area contributed by atoms with E-state index in [-0.39, 0.29) is 18.9 Å². The molecule has 2 heterocycles. The van der Waals surface area contributed by atoms with Crippen LogP contribution in [0.4, 0.5) is 4.79 Å². The predicted octanol–water partition coefficient (Wildman–Crippen LogP) is 1.73. The summed E-state index contributed by atoms with van der Waals surface area (Å²) in [4.78, 5) is 50.7. The van der Waals surface area contributed by atoms with Crippen molar-refractivity contribution in [3.8, 4) is 0 Å². The number of carbonyl (C=O) groups excluding carboxylic acids is 4. The minimum Gasteiger partial charge on any atom is -0.445 e. The number of rotatable bonds is 7. The lowest BCUT2D eigenvalue weighted by atomic mass is 10.0. The SMILES string of the molecule is CC(C)CC(NC(=O)OCc1ccccc1)C(=O)NC1CCCn2cc(cn2)CCNC(=O)C1=O. The maximum atomic E-state index is 13.1. The molecule has 1 aliphatic heterocycles. The summed E-state index contributed by atoms with van der Waals surface area (Å²) in [5.41, 5.74) is 1.80. The van der Waals surface area contributed by atoms with Gasteiger partial charge in [0.25, 0.3) is 5.91 Å². The summed E-state index contributed by atoms with van der Waals surface area (Å²) in [6.45, 7) is 4.76. The number of alkyl carbamates (subject to hydrolysis) is 1. The minimum absolute atomic E-state index is 0.0686. The lowest BCUT2D eigenvalue weighted by Gasteiger charge is -2.23. The maximum absolute atomic E-state index is 13.1. The van der Waals surface area contributed by atoms with Crippen LogP contribution in [0.5, 0.6) is 0 Å². The summed E-state index contributed by atoms with van der Waals surface area (Å²) in [6, 6.07) is 7.28. The van der Waals surface area contributed by atoms with E-state index in [4.69, 9.17) is 4.74 Å². The van der Waals surface area contributed by atoms with Gasteiger partial charge in [-0.15, -0.1) is 0 Å². The van der Waals surface area contributed by atoms with E-state index < -0.39 is 35.8 Å². The van der Waals surface area contributed by atoms with Crippen LogP contribution in [-0.2, 0) is 38.7 Å². The molecule has 10 heteroatoms. The first-order chi connectivity index (χ1) is 16.8. The Kier molecular flexibility index (Phi) is 9.39. The zero-order valence-electron chi connectivity index (χ0n) is 20.2. The number of nitrogens with zero attached hydrogens (tertiary/aromatic N) is 2. The number of Topliss-reactive ketones (excluding diaryl/α,β-unsaturated/α-hetero) is 1. The molecule has 10 nitrogen and oxygen atoms in total. The number of ether oxygens (including phenoxy) is 1. The zero-order chi connectivity index (χ0) is 25.2. The number of aryl methyl sites for hydroxylation is 1. The molecule has 188 valence electrons. The van der Waals surface area contributed by atoms with Crippen LogP contribution in [-0.4, -0.2) is 52.1 Å². The molecule has 3 amide bonds. The summed E-state index contributed by atoms with van der Waals surface area (Å²) < 4.78 is 7.04. The largest absolute Gasteiger partial charge is 0.445 e. The van der Waals surface area contributed by atoms with Gasteiger partial charge in [0.05, 0.1) is 12.2 Å². The van der Waals surface area contributed by atoms with E-state index in [0.717, 1.165) is 11.1 Å². The second-order valence-corrected chi connectivity index (χ2v) is 9.07. The highest BCUT2D eigenvalue weighted by Crippen LogP contribution is 2.10. The Hall–Kier alpha value is -3.69. The second-order valence-electron chi connectivity index (χ2n) is 9.07. The van der Waals surface area contributed by atoms with Crippen molar-refractivity contribution in [3.63, 3.8) is 0 Å². The highest BCUT2D eigenvalue weighted by Gasteiger charge is 2.30. The number of nitrogens with one attached hydrogen (secondary N) is 3. The topological polar surface area (TPSA) is 131 Å². The summed E-state index contributed by atoms with van der Waals surface area (Å²) >= 11 is 0. The molecule has 0 saturated carbocycles. The number of hydrogen-bond donors (Lipinski definition) is 3. The fourth-order valence-corrected chi connectivity index (χ4v) is 3.83. The molecule has 0 spiro atoms. The van der Waals surface area contributed by atoms with Gasteiger partial charge in [0, 0.05) is 19.3 Å². The lowest BCUT2D eigenvalue weighted by Crippen LogP contribution is -2.54. The maximum Gasteiger partial charge on any atom is 0.408 e. The van der Waals surface area contributed by atoms with Crippen molar-refractivity contribution in [2.45, 2.75) is 64.8 Å². The van der Waals surface area contributed by atoms with Crippen LogP contribution in [0.1, 0.15) is 44.2 Å². The Bertz CT molecular complexity index is 1020. The van der Waals surface area contributed by atoms with Crippen LogP contribution in [0, 0.1) is 5.92 Å². The van der Waals surface area contributed by atoms with Crippen LogP contribution >= 0.6 is 0 Å². The van der Waals surface area contributed by atoms with Gasteiger partial charge in [-0.2, -0.15) is 5.10 Å². The number of fused-ring (bicyclic) bond motifs is 2. The van der Waals surface area contributed by atoms with Crippen molar-refractivity contribution < 1.29 is 23.9 Å². The average molecular weight is 484 g/mol. The number of ketones is 1. The van der Waals surface area contributed by atoms with Gasteiger partial charge in [-0.05, 0) is 42.7 Å². The average Bonchev–Trinajstić information content (AvgIpc) is 3.28. The lowest BCUT2D eigenvalue weighted by molar-refractivity contribution is -0.140. The Labute approximate surface area is 204 Å². The smallest absolute Gasteiger partial charge is 0.408 e. The van der Waals surface area contributed by atoms with Gasteiger partial charge in [0.15, 0.2) is 0 Å². The highest BCUT2D eigenvalue weighted by atomic mass is 16.5. The molecule has 2 unspecified atom stereocenters. The predicted molar refractivity (Wildman–Crippen MR) is 128 cm³/mol. The van der Waals surface area contributed by atoms with E-state index >= 15 is 0 Å². The van der Waals surface area contributed by atoms with Gasteiger partial charge in [0.2, 0.25) is 11.7 Å². The molecule has 2 atom stereocenters. The van der Waals surface area contributed by atoms with Crippen molar-refractivity contribution in [1.29, 1.82) is 0 Å². The summed E-state index contributed by atoms with van der Waals surface area (Å²) in [6.07, 6.45) is 4.62. The van der Waals surface area contributed by atoms with Crippen molar-refractivity contribution in [2.24, 2.45) is 5.92 Å². The third kappa shape index (κ3) is 8.24. The Morgan fingerprint density at radius 2 is 2.00 bits per heavy atom. The van der Waals surface area contributed by atoms with Gasteiger partial charge in [-0.3, -0.25) is 19.1 Å². The first kappa shape index (κ1) is 25.9. The number of benzene rings is 1. The number of carbonyl (C=O) groups is 4. The van der Waals surface area contributed by atoms with Crippen LogP contribution in [0.25, 0.3) is 0 Å². The third-order valence-electron chi connectivity index (χ3n) is 5.65. The van der Waals surface area contributed by atoms with Crippen molar-refractivity contribution in [1.82, 2.24) is 25.7 Å². The van der Waals surface area contributed by atoms with Gasteiger partial charge in [-0.25, -0.2) is 4.79 Å². The van der Waals surface area contributed by atoms with Gasteiger partial charge in [0.1, 0.15) is 12.6 Å². The highest BCUT2D eigenvalue weighted by molar-refractivity contribution is 6.38. The van der Waals surface area contributed by atoms with E-state index in [1.807, 2.05) is 50.4 Å². The molecule has 0 aliphatic carbocycles. The molecule has 0 saturated heterocycles. The Balaban J connectivity index is 1.63. The van der Waals surface area contributed by atoms with E-state index in [9.17, 15) is 19.2 Å². The van der Waals surface area contributed by atoms with Crippen molar-refractivity contribution >= 4 is 23.7 Å². The molecule has 1 aliphatic rings. The molecular formula is C25H33N5O5. The van der Waals surface area contributed by atoms with Crippen LogP contribution in [0.2, 0.25) is 0 Å². The first-order valence-electron chi connectivity index (χ1n) is 11.9. The van der Waals surface area contributed by atoms with Gasteiger partial charge in [-0.1, -0.05) is 44.2 Å². The van der Waals surface area contributed by atoms with E-state index in [1.165, 1.54) is 0 Å². The monoisotopic (exact) mass is 483 g/mol. The molecule has 1 aromatic carbocycles. The fraction of sp³-hybridized carbons (Fsp3) is 0.480. The van der Waals surface area contributed by atoms with E-state index in [0.29, 0.717) is 32.4 Å². The van der Waals surface area contributed by atoms with Crippen LogP contribution in [0.3, 0.4) is 0 Å². The van der Waals surface area contributed by atoms with Crippen molar-refractivity contribution in [3.05, 3.63) is 53.9 Å². The molecule has 0 fully saturated rings. The Morgan fingerprint density at radius 1 is 1.23 bits per heavy atom. The summed E-state index contributed by atoms with van der Waals surface area (Å²) in [7, 11) is 0. The van der Waals surface area contributed by atoms with Crippen molar-refractivity contribution in [2.75, 3.05) is 6.54 Å². The number of hydrogen-bond acceptors (Lipinski definition) is 6. The van der Waals surface area contributed by atoms with E-state index in [2.05, 4.69) is 21.0 Å². The molecule has 3 N–H and O–H groups in total. The molecule has 2 aromatic rings. The number of aromatic nitrogens is 2. The molecule has 2 bridgehead atoms. The normalized spacial score (nSPS) is 17.5. The zero-order valence-corrected chi connectivity index (χ0v) is 20.2. The van der Waals surface area contributed by atoms with Gasteiger partial charge >= 0.3 is 6.09 Å². The summed E-state index contributed by atoms with van der Waals surface area (Å²) in [5.74, 6) is -1.88. The molecular weight excluding hydrogens is 450 g/mol. The molecule has 35 heavy (non-hydrogen) atoms. The van der Waals surface area contributed by atoms with Gasteiger partial charge < -0.3 is 20.7 Å². The fourth-order valence-electron chi connectivity index (χ4n) is 3.83. The standard InChI is InChI=1S/C25H33N5O5/c1-17(2)13-21(29-25(34)35-16-18-7-4-3-5-8-18)23(32)28-20-9-6-12-30-15-19(14-27-30)10-11-26-24(33)22(20)31/h3-5,7-8,14-15,17,20-21H,6,9-13,16H2,1-2H3,(H,26,33)(H,28,32)(H,29,34). The quantitative estimate of drug-likeness (QED) is 0.514. The molecule has 3 rings (SSSR count). The molecule has 0 radical (unpaired) electrons. The van der Waals surface area contributed by atoms with Crippen LogP contribution < -0.4 is 16.0 Å². The minimum atomic E-state index is -1.01. The van der Waals surface area contributed by atoms with E-state index in [1.54, 1.807) is 10.9 Å². The number of amides is 3. The summed E-state index contributed by atoms with van der Waals surface area (Å²) in [5, 5.41) is 12.2. The third-order valence-corrected chi connectivity index (χ3v) is 5.65. The second kappa shape index (κ2) is 12.7. The first-order valence-corrected chi connectivity index (χ1v) is 11.9.